The van der Waals surface area contributed by atoms with Crippen molar-refractivity contribution in [3.8, 4) is 0 Å². The molecule has 1 aromatic heterocycles. The van der Waals surface area contributed by atoms with Crippen molar-refractivity contribution in [3.63, 3.8) is 0 Å². The summed E-state index contributed by atoms with van der Waals surface area (Å²) in [6, 6.07) is 0.936. The number of anilines is 1. The maximum atomic E-state index is 11.0. The van der Waals surface area contributed by atoms with Gasteiger partial charge in [0.05, 0.1) is 16.1 Å². The third-order valence-corrected chi connectivity index (χ3v) is 3.32. The first-order valence-electron chi connectivity index (χ1n) is 6.33. The zero-order chi connectivity index (χ0) is 15.5. The molecule has 9 heteroatoms. The van der Waals surface area contributed by atoms with Crippen molar-refractivity contribution in [2.75, 3.05) is 25.1 Å². The van der Waals surface area contributed by atoms with E-state index < -0.39 is 22.2 Å². The van der Waals surface area contributed by atoms with Crippen LogP contribution in [0.2, 0.25) is 0 Å². The second-order valence-electron chi connectivity index (χ2n) is 4.84. The molecular formula is C12H15N3O6. The Balaban J connectivity index is 2.15. The summed E-state index contributed by atoms with van der Waals surface area (Å²) in [6.45, 7) is 0.925. The highest BCUT2D eigenvalue weighted by atomic mass is 16.6. The van der Waals surface area contributed by atoms with E-state index in [1.165, 1.54) is 0 Å². The number of hydrogen-bond acceptors (Lipinski definition) is 7. The van der Waals surface area contributed by atoms with Gasteiger partial charge in [0.1, 0.15) is 0 Å². The van der Waals surface area contributed by atoms with Crippen LogP contribution in [0.4, 0.5) is 11.5 Å². The minimum atomic E-state index is -1.29. The zero-order valence-corrected chi connectivity index (χ0v) is 11.1. The van der Waals surface area contributed by atoms with Crippen molar-refractivity contribution in [1.29, 1.82) is 0 Å². The van der Waals surface area contributed by atoms with Crippen molar-refractivity contribution in [2.24, 2.45) is 0 Å². The van der Waals surface area contributed by atoms with Gasteiger partial charge < -0.3 is 20.3 Å². The van der Waals surface area contributed by atoms with Crippen molar-refractivity contribution in [1.82, 2.24) is 4.98 Å². The van der Waals surface area contributed by atoms with Crippen molar-refractivity contribution < 1.29 is 24.7 Å². The highest BCUT2D eigenvalue weighted by Gasteiger charge is 2.30. The largest absolute Gasteiger partial charge is 0.478 e. The van der Waals surface area contributed by atoms with Crippen LogP contribution >= 0.6 is 0 Å². The lowest BCUT2D eigenvalue weighted by Gasteiger charge is -2.32. The van der Waals surface area contributed by atoms with E-state index in [2.05, 4.69) is 10.3 Å². The predicted molar refractivity (Wildman–Crippen MR) is 71.3 cm³/mol. The van der Waals surface area contributed by atoms with Gasteiger partial charge >= 0.3 is 11.7 Å². The molecule has 0 amide bonds. The molecule has 114 valence electrons. The Bertz CT molecular complexity index is 556. The maximum absolute atomic E-state index is 11.0. The fraction of sp³-hybridized carbons (Fsp3) is 0.500. The standard InChI is InChI=1S/C12H15N3O6/c16-11(17)8-5-9(15(19)20)10(13-6-8)14-7-12(18)1-3-21-4-2-12/h5-6,18H,1-4,7H2,(H,13,14)(H,16,17). The SMILES string of the molecule is O=C(O)c1cnc(NCC2(O)CCOCC2)c([N+](=O)[O-])c1. The maximum Gasteiger partial charge on any atom is 0.337 e. The highest BCUT2D eigenvalue weighted by Crippen LogP contribution is 2.26. The molecule has 0 aliphatic carbocycles. The fourth-order valence-electron chi connectivity index (χ4n) is 2.02. The van der Waals surface area contributed by atoms with Crippen molar-refractivity contribution in [2.45, 2.75) is 18.4 Å². The number of carbonyl (C=O) groups is 1. The zero-order valence-electron chi connectivity index (χ0n) is 11.1. The third kappa shape index (κ3) is 3.64. The average molecular weight is 297 g/mol. The van der Waals surface area contributed by atoms with Crippen LogP contribution in [-0.4, -0.2) is 51.4 Å². The number of ether oxygens (including phenoxy) is 1. The Morgan fingerprint density at radius 2 is 2.19 bits per heavy atom. The minimum Gasteiger partial charge on any atom is -0.478 e. The van der Waals surface area contributed by atoms with Crippen molar-refractivity contribution >= 4 is 17.5 Å². The van der Waals surface area contributed by atoms with Crippen molar-refractivity contribution in [3.05, 3.63) is 27.9 Å². The molecule has 0 unspecified atom stereocenters. The third-order valence-electron chi connectivity index (χ3n) is 3.32. The molecule has 1 aromatic rings. The van der Waals surface area contributed by atoms with E-state index >= 15 is 0 Å². The lowest BCUT2D eigenvalue weighted by Crippen LogP contribution is -2.42. The molecule has 0 atom stereocenters. The van der Waals surface area contributed by atoms with E-state index in [0.29, 0.717) is 26.1 Å². The Kier molecular flexibility index (Phi) is 4.34. The number of rotatable bonds is 5. The second-order valence-corrected chi connectivity index (χ2v) is 4.84. The van der Waals surface area contributed by atoms with Gasteiger partial charge in [-0.25, -0.2) is 9.78 Å². The number of aromatic carboxylic acids is 1. The van der Waals surface area contributed by atoms with Gasteiger partial charge in [0.15, 0.2) is 0 Å². The van der Waals surface area contributed by atoms with Crippen LogP contribution in [0, 0.1) is 10.1 Å². The summed E-state index contributed by atoms with van der Waals surface area (Å²) in [4.78, 5) is 24.8. The van der Waals surface area contributed by atoms with Gasteiger partial charge in [0.2, 0.25) is 5.82 Å². The minimum absolute atomic E-state index is 0.0649. The monoisotopic (exact) mass is 297 g/mol. The normalized spacial score (nSPS) is 17.2. The quantitative estimate of drug-likeness (QED) is 0.532. The van der Waals surface area contributed by atoms with Crippen LogP contribution < -0.4 is 5.32 Å². The molecule has 0 saturated carbocycles. The van der Waals surface area contributed by atoms with Gasteiger partial charge in [-0.2, -0.15) is 0 Å². The van der Waals surface area contributed by atoms with E-state index in [0.717, 1.165) is 12.3 Å². The fourth-order valence-corrected chi connectivity index (χ4v) is 2.02. The molecule has 1 aliphatic rings. The van der Waals surface area contributed by atoms with Gasteiger partial charge in [0, 0.05) is 44.9 Å². The van der Waals surface area contributed by atoms with Crippen LogP contribution in [0.1, 0.15) is 23.2 Å². The van der Waals surface area contributed by atoms with Gasteiger partial charge in [-0.15, -0.1) is 0 Å². The second kappa shape index (κ2) is 6.02. The Hall–Kier alpha value is -2.26. The highest BCUT2D eigenvalue weighted by molar-refractivity contribution is 5.88. The molecule has 0 bridgehead atoms. The van der Waals surface area contributed by atoms with Gasteiger partial charge in [-0.3, -0.25) is 10.1 Å². The molecule has 3 N–H and O–H groups in total. The summed E-state index contributed by atoms with van der Waals surface area (Å²) in [5, 5.41) is 32.8. The number of nitrogens with zero attached hydrogens (tertiary/aromatic N) is 2. The summed E-state index contributed by atoms with van der Waals surface area (Å²) >= 11 is 0. The Morgan fingerprint density at radius 1 is 1.52 bits per heavy atom. The molecule has 2 heterocycles. The predicted octanol–water partition coefficient (Wildman–Crippen LogP) is 0.641. The van der Waals surface area contributed by atoms with Crippen LogP contribution in [0.15, 0.2) is 12.3 Å². The van der Waals surface area contributed by atoms with E-state index in [4.69, 9.17) is 9.84 Å². The number of aromatic nitrogens is 1. The van der Waals surface area contributed by atoms with E-state index in [1.54, 1.807) is 0 Å². The van der Waals surface area contributed by atoms with Gasteiger partial charge in [-0.05, 0) is 0 Å². The number of hydrogen-bond donors (Lipinski definition) is 3. The summed E-state index contributed by atoms with van der Waals surface area (Å²) in [6.07, 6.45) is 1.87. The number of aliphatic hydroxyl groups is 1. The van der Waals surface area contributed by atoms with Crippen LogP contribution in [0.25, 0.3) is 0 Å². The number of carboxylic acid groups (broad SMARTS) is 1. The lowest BCUT2D eigenvalue weighted by atomic mass is 9.94. The van der Waals surface area contributed by atoms with E-state index in [1.807, 2.05) is 0 Å². The molecule has 0 spiro atoms. The molecule has 1 fully saturated rings. The molecule has 21 heavy (non-hydrogen) atoms. The number of pyridine rings is 1. The van der Waals surface area contributed by atoms with Gasteiger partial charge in [0.25, 0.3) is 0 Å². The van der Waals surface area contributed by atoms with Gasteiger partial charge in [-0.1, -0.05) is 0 Å². The molecule has 2 rings (SSSR count). The summed E-state index contributed by atoms with van der Waals surface area (Å²) in [5.74, 6) is -1.36. The summed E-state index contributed by atoms with van der Waals surface area (Å²) < 4.78 is 5.14. The number of carboxylic acids is 1. The summed E-state index contributed by atoms with van der Waals surface area (Å²) in [7, 11) is 0. The Morgan fingerprint density at radius 3 is 2.76 bits per heavy atom. The first-order chi connectivity index (χ1) is 9.91. The number of nitrogens with one attached hydrogen (secondary N) is 1. The topological polar surface area (TPSA) is 135 Å². The molecular weight excluding hydrogens is 282 g/mol. The van der Waals surface area contributed by atoms with Crippen LogP contribution in [0.3, 0.4) is 0 Å². The van der Waals surface area contributed by atoms with Crippen LogP contribution in [0.5, 0.6) is 0 Å². The molecule has 0 radical (unpaired) electrons. The summed E-state index contributed by atoms with van der Waals surface area (Å²) in [5.41, 5.74) is -1.72. The number of nitro groups is 1. The van der Waals surface area contributed by atoms with E-state index in [9.17, 15) is 20.0 Å². The molecule has 1 aliphatic heterocycles. The molecule has 9 nitrogen and oxygen atoms in total. The van der Waals surface area contributed by atoms with Crippen LogP contribution in [-0.2, 0) is 4.74 Å². The molecule has 1 saturated heterocycles. The first kappa shape index (κ1) is 15.1. The Labute approximate surface area is 119 Å². The lowest BCUT2D eigenvalue weighted by molar-refractivity contribution is -0.384. The first-order valence-corrected chi connectivity index (χ1v) is 6.33. The molecule has 0 aromatic carbocycles. The smallest absolute Gasteiger partial charge is 0.337 e. The van der Waals surface area contributed by atoms with E-state index in [-0.39, 0.29) is 17.9 Å². The average Bonchev–Trinajstić information content (AvgIpc) is 2.45.